The van der Waals surface area contributed by atoms with E-state index in [1.54, 1.807) is 30.3 Å². The Kier molecular flexibility index (Phi) is 8.26. The van der Waals surface area contributed by atoms with Gasteiger partial charge in [0, 0.05) is 62.0 Å². The molecule has 9 nitrogen and oxygen atoms in total. The number of aliphatic hydroxyl groups is 1. The van der Waals surface area contributed by atoms with Gasteiger partial charge in [0.1, 0.15) is 23.8 Å². The van der Waals surface area contributed by atoms with Crippen molar-refractivity contribution in [3.8, 4) is 0 Å². The number of halogens is 1. The molecular weight excluding hydrogens is 478 g/mol. The fourth-order valence-corrected chi connectivity index (χ4v) is 4.94. The van der Waals surface area contributed by atoms with Crippen LogP contribution in [-0.4, -0.2) is 80.2 Å². The first kappa shape index (κ1) is 26.8. The Hall–Kier alpha value is -3.28. The van der Waals surface area contributed by atoms with Crippen LogP contribution < -0.4 is 10.6 Å². The smallest absolute Gasteiger partial charge is 0.255 e. The maximum Gasteiger partial charge on any atom is 0.255 e. The molecule has 3 N–H and O–H groups in total. The maximum atomic E-state index is 14.9. The van der Waals surface area contributed by atoms with E-state index in [0.29, 0.717) is 36.6 Å². The monoisotopic (exact) mass is 510 g/mol. The molecule has 0 aliphatic carbocycles. The highest BCUT2D eigenvalue weighted by atomic mass is 19.1. The van der Waals surface area contributed by atoms with Crippen molar-refractivity contribution < 1.29 is 28.6 Å². The third-order valence-electron chi connectivity index (χ3n) is 6.92. The third-order valence-corrected chi connectivity index (χ3v) is 6.92. The maximum absolute atomic E-state index is 14.9. The van der Waals surface area contributed by atoms with Crippen LogP contribution in [0.15, 0.2) is 36.4 Å². The summed E-state index contributed by atoms with van der Waals surface area (Å²) in [6.45, 7) is 3.59. The fourth-order valence-electron chi connectivity index (χ4n) is 4.94. The SMILES string of the molecule is BC(O)(Nc1cccc2c1CN(C(CCC=O)C(=O)NC)C2=O)c1cc(CN2CCOCC2)ccc1F. The molecule has 2 amide bonds. The number of aldehydes is 1. The van der Waals surface area contributed by atoms with E-state index in [1.807, 2.05) is 0 Å². The van der Waals surface area contributed by atoms with Gasteiger partial charge in [-0.15, -0.1) is 0 Å². The Morgan fingerprint density at radius 1 is 1.30 bits per heavy atom. The number of hydrogen-bond acceptors (Lipinski definition) is 7. The highest BCUT2D eigenvalue weighted by Gasteiger charge is 2.38. The normalized spacial score (nSPS) is 18.1. The van der Waals surface area contributed by atoms with E-state index in [-0.39, 0.29) is 36.8 Å². The number of anilines is 1. The van der Waals surface area contributed by atoms with Crippen molar-refractivity contribution in [1.82, 2.24) is 15.1 Å². The van der Waals surface area contributed by atoms with E-state index in [0.717, 1.165) is 24.9 Å². The van der Waals surface area contributed by atoms with E-state index in [2.05, 4.69) is 15.5 Å². The van der Waals surface area contributed by atoms with E-state index < -0.39 is 17.5 Å². The van der Waals surface area contributed by atoms with Crippen molar-refractivity contribution in [2.45, 2.75) is 37.6 Å². The summed E-state index contributed by atoms with van der Waals surface area (Å²) >= 11 is 0. The van der Waals surface area contributed by atoms with E-state index >= 15 is 0 Å². The van der Waals surface area contributed by atoms with E-state index in [9.17, 15) is 23.9 Å². The van der Waals surface area contributed by atoms with Crippen molar-refractivity contribution in [3.63, 3.8) is 0 Å². The number of carbonyl (C=O) groups excluding carboxylic acids is 3. The van der Waals surface area contributed by atoms with Gasteiger partial charge >= 0.3 is 0 Å². The van der Waals surface area contributed by atoms with Crippen LogP contribution in [0.25, 0.3) is 0 Å². The number of rotatable bonds is 10. The van der Waals surface area contributed by atoms with Crippen molar-refractivity contribution in [3.05, 3.63) is 64.5 Å². The average Bonchev–Trinajstić information content (AvgIpc) is 3.22. The number of fused-ring (bicyclic) bond motifs is 1. The molecule has 2 unspecified atom stereocenters. The van der Waals surface area contributed by atoms with Crippen LogP contribution in [0.3, 0.4) is 0 Å². The van der Waals surface area contributed by atoms with Gasteiger partial charge in [-0.05, 0) is 36.2 Å². The number of morpholine rings is 1. The van der Waals surface area contributed by atoms with Gasteiger partial charge in [-0.1, -0.05) is 12.1 Å². The van der Waals surface area contributed by atoms with Gasteiger partial charge in [0.15, 0.2) is 7.85 Å². The van der Waals surface area contributed by atoms with Gasteiger partial charge < -0.3 is 30.2 Å². The lowest BCUT2D eigenvalue weighted by atomic mass is 9.82. The lowest BCUT2D eigenvalue weighted by Crippen LogP contribution is -2.46. The first-order valence-corrected chi connectivity index (χ1v) is 12.4. The molecule has 2 aliphatic rings. The molecule has 2 aromatic carbocycles. The van der Waals surface area contributed by atoms with Gasteiger partial charge in [-0.2, -0.15) is 0 Å². The van der Waals surface area contributed by atoms with Gasteiger partial charge in [0.05, 0.1) is 13.2 Å². The quantitative estimate of drug-likeness (QED) is 0.243. The molecule has 0 radical (unpaired) electrons. The molecule has 4 rings (SSSR count). The summed E-state index contributed by atoms with van der Waals surface area (Å²) in [5.74, 6) is -1.25. The molecule has 1 saturated heterocycles. The number of carbonyl (C=O) groups is 3. The third kappa shape index (κ3) is 5.84. The minimum absolute atomic E-state index is 0.0891. The lowest BCUT2D eigenvalue weighted by Gasteiger charge is -2.30. The Morgan fingerprint density at radius 3 is 2.76 bits per heavy atom. The van der Waals surface area contributed by atoms with Crippen molar-refractivity contribution in [2.75, 3.05) is 38.7 Å². The number of benzene rings is 2. The van der Waals surface area contributed by atoms with Crippen LogP contribution in [0.4, 0.5) is 10.1 Å². The van der Waals surface area contributed by atoms with Gasteiger partial charge in [0.2, 0.25) is 5.91 Å². The van der Waals surface area contributed by atoms with Gasteiger partial charge in [0.25, 0.3) is 5.91 Å². The molecule has 1 fully saturated rings. The zero-order valence-electron chi connectivity index (χ0n) is 21.1. The highest BCUT2D eigenvalue weighted by Crippen LogP contribution is 2.34. The standard InChI is InChI=1S/C26H32BFN4O5/c1-29-24(34)23(6-3-11-33)32-16-19-18(25(32)35)4-2-5-22(19)30-26(27,36)20-14-17(7-8-21(20)28)15-31-9-12-37-13-10-31/h2,4-5,7-8,11,14,23,30,36H,3,6,9-10,12-13,15-16,27H2,1H3,(H,29,34). The predicted octanol–water partition coefficient (Wildman–Crippen LogP) is 0.555. The first-order valence-electron chi connectivity index (χ1n) is 12.4. The number of hydrogen-bond donors (Lipinski definition) is 3. The zero-order valence-corrected chi connectivity index (χ0v) is 21.1. The summed E-state index contributed by atoms with van der Waals surface area (Å²) in [6, 6.07) is 8.94. The van der Waals surface area contributed by atoms with Crippen molar-refractivity contribution in [2.24, 2.45) is 0 Å². The van der Waals surface area contributed by atoms with Crippen LogP contribution in [0.5, 0.6) is 0 Å². The van der Waals surface area contributed by atoms with Crippen molar-refractivity contribution in [1.29, 1.82) is 0 Å². The summed E-state index contributed by atoms with van der Waals surface area (Å²) in [6.07, 6.45) is 1.05. The summed E-state index contributed by atoms with van der Waals surface area (Å²) in [4.78, 5) is 40.2. The van der Waals surface area contributed by atoms with Gasteiger partial charge in [-0.25, -0.2) is 4.39 Å². The Balaban J connectivity index is 1.58. The van der Waals surface area contributed by atoms with Crippen LogP contribution >= 0.6 is 0 Å². The topological polar surface area (TPSA) is 111 Å². The number of likely N-dealkylation sites (N-methyl/N-ethyl adjacent to an activating group) is 1. The molecule has 196 valence electrons. The summed E-state index contributed by atoms with van der Waals surface area (Å²) in [7, 11) is 2.95. The lowest BCUT2D eigenvalue weighted by molar-refractivity contribution is -0.125. The molecule has 0 saturated carbocycles. The fraction of sp³-hybridized carbons (Fsp3) is 0.423. The van der Waals surface area contributed by atoms with Crippen LogP contribution in [0, 0.1) is 5.82 Å². The van der Waals surface area contributed by atoms with Crippen molar-refractivity contribution >= 4 is 31.6 Å². The minimum Gasteiger partial charge on any atom is -0.379 e. The molecule has 2 aliphatic heterocycles. The van der Waals surface area contributed by atoms with Crippen LogP contribution in [0.2, 0.25) is 0 Å². The molecule has 2 heterocycles. The number of ether oxygens (including phenoxy) is 1. The zero-order chi connectivity index (χ0) is 26.6. The molecule has 11 heteroatoms. The number of amides is 2. The number of nitrogens with zero attached hydrogens (tertiary/aromatic N) is 2. The predicted molar refractivity (Wildman–Crippen MR) is 138 cm³/mol. The summed E-state index contributed by atoms with van der Waals surface area (Å²) in [5, 5.41) is 17.0. The van der Waals surface area contributed by atoms with E-state index in [4.69, 9.17) is 4.74 Å². The number of nitrogens with one attached hydrogen (secondary N) is 2. The van der Waals surface area contributed by atoms with E-state index in [1.165, 1.54) is 25.9 Å². The Bertz CT molecular complexity index is 1170. The second-order valence-electron chi connectivity index (χ2n) is 9.54. The molecule has 0 bridgehead atoms. The second-order valence-corrected chi connectivity index (χ2v) is 9.54. The molecular formula is C26H32BFN4O5. The Morgan fingerprint density at radius 2 is 2.05 bits per heavy atom. The minimum atomic E-state index is -1.78. The van der Waals surface area contributed by atoms with Crippen LogP contribution in [0.1, 0.15) is 39.9 Å². The largest absolute Gasteiger partial charge is 0.379 e. The van der Waals surface area contributed by atoms with Gasteiger partial charge in [-0.3, -0.25) is 14.5 Å². The average molecular weight is 510 g/mol. The molecule has 2 atom stereocenters. The molecule has 37 heavy (non-hydrogen) atoms. The molecule has 0 aromatic heterocycles. The Labute approximate surface area is 216 Å². The van der Waals surface area contributed by atoms with Crippen LogP contribution in [-0.2, 0) is 33.0 Å². The first-order chi connectivity index (χ1) is 17.7. The summed E-state index contributed by atoms with van der Waals surface area (Å²) < 4.78 is 20.3. The molecule has 2 aromatic rings. The highest BCUT2D eigenvalue weighted by molar-refractivity contribution is 6.16. The molecule has 0 spiro atoms. The summed E-state index contributed by atoms with van der Waals surface area (Å²) in [5.41, 5.74) is 0.617. The second kappa shape index (κ2) is 11.4.